The Morgan fingerprint density at radius 2 is 0.873 bits per heavy atom. The number of nitrogens with zero attached hydrogens (tertiary/aromatic N) is 3. The van der Waals surface area contributed by atoms with Crippen LogP contribution < -0.4 is 10.6 Å². The zero-order valence-corrected chi connectivity index (χ0v) is 36.7. The Morgan fingerprint density at radius 3 is 1.35 bits per heavy atom. The molecule has 2 bridgehead atoms. The van der Waals surface area contributed by atoms with Crippen LogP contribution in [0.4, 0.5) is 114 Å². The average Bonchev–Trinajstić information content (AvgIpc) is 3.24. The molecule has 3 aromatic rings. The predicted molar refractivity (Wildman–Crippen MR) is 192 cm³/mol. The topological polar surface area (TPSA) is 64.8 Å². The number of para-hydroxylation sites is 1. The van der Waals surface area contributed by atoms with Crippen molar-refractivity contribution in [2.24, 2.45) is 15.0 Å². The quantitative estimate of drug-likeness (QED) is 0.150. The molecule has 0 unspecified atom stereocenters. The number of fused-ring (bicyclic) bond motifs is 4. The van der Waals surface area contributed by atoms with Crippen LogP contribution in [0.1, 0.15) is 40.3 Å². The summed E-state index contributed by atoms with van der Waals surface area (Å²) in [6.07, 6.45) is -13.8. The second-order valence-electron chi connectivity index (χ2n) is 15.6. The van der Waals surface area contributed by atoms with E-state index in [-0.39, 0.29) is 23.8 Å². The Bertz CT molecular complexity index is 2590. The van der Waals surface area contributed by atoms with E-state index in [9.17, 15) is 87.8 Å². The van der Waals surface area contributed by atoms with Crippen molar-refractivity contribution in [2.75, 3.05) is 13.1 Å². The second-order valence-corrected chi connectivity index (χ2v) is 18.3. The van der Waals surface area contributed by atoms with Gasteiger partial charge >= 0.3 is 385 Å². The van der Waals surface area contributed by atoms with Gasteiger partial charge in [0.15, 0.2) is 0 Å². The monoisotopic (exact) mass is 1130 g/mol. The van der Waals surface area contributed by atoms with E-state index in [4.69, 9.17) is 10.6 Å². The molecule has 1 atom stereocenters. The third-order valence-electron chi connectivity index (χ3n) is 10.3. The van der Waals surface area contributed by atoms with E-state index in [1.165, 1.54) is 19.1 Å². The van der Waals surface area contributed by atoms with E-state index >= 15 is 26.3 Å². The molecule has 0 saturated carbocycles. The van der Waals surface area contributed by atoms with Crippen LogP contribution in [-0.4, -0.2) is 114 Å². The van der Waals surface area contributed by atoms with Crippen LogP contribution in [0.15, 0.2) is 69.6 Å². The van der Waals surface area contributed by atoms with Crippen LogP contribution in [-0.2, 0) is 11.8 Å². The fourth-order valence-corrected chi connectivity index (χ4v) is 9.20. The van der Waals surface area contributed by atoms with Gasteiger partial charge in [-0.3, -0.25) is 0 Å². The van der Waals surface area contributed by atoms with Gasteiger partial charge in [0.25, 0.3) is 0 Å². The van der Waals surface area contributed by atoms with Gasteiger partial charge in [0.2, 0.25) is 0 Å². The van der Waals surface area contributed by atoms with Gasteiger partial charge in [0.1, 0.15) is 0 Å². The average molecular weight is 1130 g/mol. The van der Waals surface area contributed by atoms with Crippen molar-refractivity contribution in [3.8, 4) is 17.2 Å². The first-order valence-corrected chi connectivity index (χ1v) is 21.6. The number of hydrogen-bond donors (Lipinski definition) is 0. The summed E-state index contributed by atoms with van der Waals surface area (Å²) in [5.41, 5.74) is -9.50. The zero-order valence-electron chi connectivity index (χ0n) is 34.3. The van der Waals surface area contributed by atoms with E-state index in [1.807, 2.05) is 0 Å². The van der Waals surface area contributed by atoms with Crippen molar-refractivity contribution in [3.63, 3.8) is 0 Å². The normalized spacial score (nSPS) is 18.5. The number of aliphatic imine (C=N–C) groups is 3. The molecule has 3 aromatic carbocycles. The number of benzene rings is 3. The molecule has 2 heterocycles. The molecule has 2 aliphatic rings. The molecule has 5 rings (SSSR count). The molecular weight excluding hydrogens is 1110 g/mol. The molecule has 0 aromatic heterocycles. The first-order valence-electron chi connectivity index (χ1n) is 18.7. The first-order chi connectivity index (χ1) is 31.8. The Kier molecular flexibility index (Phi) is 14.0. The summed E-state index contributed by atoms with van der Waals surface area (Å²) in [4.78, 5) is 11.9. The molecule has 0 spiro atoms. The Hall–Kier alpha value is -5.11. The predicted octanol–water partition coefficient (Wildman–Crippen LogP) is 12.9. The van der Waals surface area contributed by atoms with Crippen molar-refractivity contribution < 1.29 is 125 Å². The van der Waals surface area contributed by atoms with Crippen molar-refractivity contribution in [3.05, 3.63) is 88.0 Å². The van der Waals surface area contributed by atoms with Crippen LogP contribution in [0.25, 0.3) is 0 Å². The zero-order chi connectivity index (χ0) is 54.4. The molecule has 2 aliphatic heterocycles. The fourth-order valence-electron chi connectivity index (χ4n) is 6.17. The van der Waals surface area contributed by atoms with Gasteiger partial charge in [-0.1, -0.05) is 0 Å². The van der Waals surface area contributed by atoms with Crippen molar-refractivity contribution >= 4 is 36.0 Å². The molecule has 0 radical (unpaired) electrons. The van der Waals surface area contributed by atoms with E-state index in [0.29, 0.717) is 24.1 Å². The summed E-state index contributed by atoms with van der Waals surface area (Å²) in [5, 5.41) is 0. The van der Waals surface area contributed by atoms with Gasteiger partial charge in [0, 0.05) is 0 Å². The fraction of sp³-hybridized carbons (Fsp3) is 0.447. The standard InChI is InChI=1S/C38H25F26N3O3.Ga/c1-17-6-8-23(68)19(10-17)14-67-26(2,15-65-12-18-4-3-5-22(25(18)70)28(41,42)30(45,46)32(49,50)34(53,54)36(57,58)38(62,63)64)16-66-13-20-11-21(7-9-24(20)69)27(39,40)29(43,44)31(47,48)33(51,52)35(55,56)37(59,60)61;/h3-14,68-70H,15-16H2,1-2H3;/q;+3/p-3/t26-;/m0./s1. The Balaban J connectivity index is 1.77. The second kappa shape index (κ2) is 17.5. The van der Waals surface area contributed by atoms with E-state index < -0.39 is 159 Å². The van der Waals surface area contributed by atoms with Crippen molar-refractivity contribution in [1.29, 1.82) is 0 Å². The molecular formula is C38H22F26GaN3O3. The van der Waals surface area contributed by atoms with Gasteiger partial charge in [-0.2, -0.15) is 0 Å². The molecule has 0 fully saturated rings. The Labute approximate surface area is 384 Å². The minimum absolute atomic E-state index is 0.0377. The van der Waals surface area contributed by atoms with E-state index in [1.54, 1.807) is 0 Å². The number of halogens is 26. The molecule has 0 N–H and O–H groups in total. The molecule has 33 heteroatoms. The molecule has 0 aliphatic carbocycles. The summed E-state index contributed by atoms with van der Waals surface area (Å²) in [6.45, 7) is 0.891. The van der Waals surface area contributed by atoms with Crippen LogP contribution in [0.3, 0.4) is 0 Å². The first kappa shape index (κ1) is 56.8. The van der Waals surface area contributed by atoms with Gasteiger partial charge in [-0.25, -0.2) is 0 Å². The molecule has 392 valence electrons. The van der Waals surface area contributed by atoms with Gasteiger partial charge < -0.3 is 0 Å². The van der Waals surface area contributed by atoms with Gasteiger partial charge in [-0.15, -0.1) is 0 Å². The third kappa shape index (κ3) is 9.00. The van der Waals surface area contributed by atoms with Gasteiger partial charge in [-0.05, 0) is 0 Å². The van der Waals surface area contributed by atoms with E-state index in [2.05, 4.69) is 15.0 Å². The number of alkyl halides is 26. The molecule has 6 nitrogen and oxygen atoms in total. The SMILES string of the molecule is Cc1ccc2c(c1)C=N[C@]1(C)CN=Cc3cc(C(F)(F)C(F)(F)C(F)(F)C(F)(F)C(F)(F)C(F)(F)F)ccc3[O][Ga]([O]2)[O]c2c(cccc2C(F)(F)C(F)(F)C(F)(F)C(F)(F)C(F)(F)C(F)(F)F)C=NC1. The molecule has 0 saturated heterocycles. The number of rotatable bonds is 10. The molecule has 71 heavy (non-hydrogen) atoms. The van der Waals surface area contributed by atoms with Crippen LogP contribution in [0.5, 0.6) is 17.2 Å². The van der Waals surface area contributed by atoms with Crippen LogP contribution >= 0.6 is 0 Å². The third-order valence-corrected chi connectivity index (χ3v) is 13.1. The maximum absolute atomic E-state index is 16.0. The van der Waals surface area contributed by atoms with Crippen LogP contribution in [0, 0.1) is 6.92 Å². The summed E-state index contributed by atoms with van der Waals surface area (Å²) in [7, 11) is 0. The van der Waals surface area contributed by atoms with Crippen molar-refractivity contribution in [2.45, 2.75) is 91.0 Å². The minimum atomic E-state index is -8.37. The molecule has 0 amide bonds. The number of aryl methyl sites for hydroxylation is 1. The van der Waals surface area contributed by atoms with E-state index in [0.717, 1.165) is 19.2 Å². The summed E-state index contributed by atoms with van der Waals surface area (Å²) in [6, 6.07) is 3.01. The van der Waals surface area contributed by atoms with Crippen LogP contribution in [0.2, 0.25) is 0 Å². The summed E-state index contributed by atoms with van der Waals surface area (Å²) < 4.78 is 387. The van der Waals surface area contributed by atoms with Gasteiger partial charge in [0.05, 0.1) is 0 Å². The summed E-state index contributed by atoms with van der Waals surface area (Å²) >= 11 is -5.84. The summed E-state index contributed by atoms with van der Waals surface area (Å²) in [5.74, 6) is -83.2. The van der Waals surface area contributed by atoms with Crippen molar-refractivity contribution in [1.82, 2.24) is 0 Å². The Morgan fingerprint density at radius 1 is 0.451 bits per heavy atom. The number of hydrogen-bond acceptors (Lipinski definition) is 6. The maximum atomic E-state index is 16.0.